The molecule has 70 valence electrons. The number of hydrogen-bond acceptors (Lipinski definition) is 5. The first-order valence-electron chi connectivity index (χ1n) is 4.01. The Kier molecular flexibility index (Phi) is 1.85. The van der Waals surface area contributed by atoms with Crippen molar-refractivity contribution in [1.29, 1.82) is 0 Å². The van der Waals surface area contributed by atoms with Gasteiger partial charge < -0.3 is 20.1 Å². The third-order valence-corrected chi connectivity index (χ3v) is 2.83. The zero-order chi connectivity index (χ0) is 8.88. The summed E-state index contributed by atoms with van der Waals surface area (Å²) < 4.78 is 5.05. The number of aliphatic hydroxyl groups excluding tert-OH is 3. The molecule has 5 nitrogen and oxygen atoms in total. The Morgan fingerprint density at radius 2 is 2.08 bits per heavy atom. The molecule has 0 amide bonds. The van der Waals surface area contributed by atoms with Crippen molar-refractivity contribution in [1.82, 2.24) is 4.90 Å². The van der Waals surface area contributed by atoms with Crippen molar-refractivity contribution >= 4 is 0 Å². The average Bonchev–Trinajstić information content (AvgIpc) is 2.27. The summed E-state index contributed by atoms with van der Waals surface area (Å²) >= 11 is 0. The summed E-state index contributed by atoms with van der Waals surface area (Å²) in [4.78, 5) is 1.82. The molecule has 0 spiro atoms. The highest BCUT2D eigenvalue weighted by Crippen LogP contribution is 2.36. The van der Waals surface area contributed by atoms with E-state index in [1.807, 2.05) is 4.90 Å². The quantitative estimate of drug-likeness (QED) is 0.419. The van der Waals surface area contributed by atoms with Crippen LogP contribution in [0, 0.1) is 0 Å². The van der Waals surface area contributed by atoms with Gasteiger partial charge in [-0.15, -0.1) is 0 Å². The maximum absolute atomic E-state index is 9.37. The minimum Gasteiger partial charge on any atom is -0.395 e. The van der Waals surface area contributed by atoms with Crippen molar-refractivity contribution in [2.24, 2.45) is 0 Å². The highest BCUT2D eigenvalue weighted by molar-refractivity contribution is 5.08. The molecule has 5 unspecified atom stereocenters. The van der Waals surface area contributed by atoms with Crippen molar-refractivity contribution in [3.8, 4) is 0 Å². The summed E-state index contributed by atoms with van der Waals surface area (Å²) in [6.07, 6.45) is -2.16. The number of nitrogens with zero attached hydrogens (tertiary/aromatic N) is 1. The van der Waals surface area contributed by atoms with Crippen LogP contribution >= 0.6 is 0 Å². The Labute approximate surface area is 70.2 Å². The average molecular weight is 175 g/mol. The minimum absolute atomic E-state index is 0.00287. The molecule has 12 heavy (non-hydrogen) atoms. The monoisotopic (exact) mass is 175 g/mol. The Hall–Kier alpha value is -0.200. The second-order valence-corrected chi connectivity index (χ2v) is 3.39. The summed E-state index contributed by atoms with van der Waals surface area (Å²) in [6.45, 7) is -0.00287. The fourth-order valence-corrected chi connectivity index (χ4v) is 2.06. The van der Waals surface area contributed by atoms with E-state index in [1.165, 1.54) is 0 Å². The van der Waals surface area contributed by atoms with E-state index >= 15 is 0 Å². The van der Waals surface area contributed by atoms with Crippen LogP contribution in [0.1, 0.15) is 0 Å². The molecule has 0 radical (unpaired) electrons. The Morgan fingerprint density at radius 1 is 1.42 bits per heavy atom. The second kappa shape index (κ2) is 2.65. The fourth-order valence-electron chi connectivity index (χ4n) is 2.06. The molecular formula is C7H13NO4. The van der Waals surface area contributed by atoms with E-state index in [1.54, 1.807) is 7.05 Å². The van der Waals surface area contributed by atoms with Crippen LogP contribution in [0.3, 0.4) is 0 Å². The van der Waals surface area contributed by atoms with Gasteiger partial charge in [0.15, 0.2) is 6.29 Å². The van der Waals surface area contributed by atoms with Crippen molar-refractivity contribution in [3.05, 3.63) is 0 Å². The molecule has 5 heteroatoms. The number of hydrogen-bond donors (Lipinski definition) is 3. The molecule has 0 aromatic rings. The molecule has 2 aliphatic rings. The molecule has 0 aliphatic carbocycles. The predicted octanol–water partition coefficient (Wildman–Crippen LogP) is -2.26. The molecule has 0 bridgehead atoms. The Bertz CT molecular complexity index is 188. The zero-order valence-corrected chi connectivity index (χ0v) is 6.79. The van der Waals surface area contributed by atoms with E-state index in [9.17, 15) is 5.11 Å². The molecule has 2 fully saturated rings. The highest BCUT2D eigenvalue weighted by Gasteiger charge is 2.57. The van der Waals surface area contributed by atoms with Gasteiger partial charge >= 0.3 is 0 Å². The van der Waals surface area contributed by atoms with Gasteiger partial charge in [0.25, 0.3) is 0 Å². The van der Waals surface area contributed by atoms with Gasteiger partial charge in [0, 0.05) is 0 Å². The van der Waals surface area contributed by atoms with Gasteiger partial charge in [0.05, 0.1) is 24.8 Å². The van der Waals surface area contributed by atoms with Crippen LogP contribution in [0.4, 0.5) is 0 Å². The summed E-state index contributed by atoms with van der Waals surface area (Å²) in [5.41, 5.74) is 0. The lowest BCUT2D eigenvalue weighted by molar-refractivity contribution is -0.155. The first kappa shape index (κ1) is 8.40. The van der Waals surface area contributed by atoms with Crippen LogP contribution in [0.2, 0.25) is 0 Å². The number of likely N-dealkylation sites (N-methyl/N-ethyl adjacent to an activating group) is 1. The first-order chi connectivity index (χ1) is 5.66. The van der Waals surface area contributed by atoms with Crippen LogP contribution in [0.25, 0.3) is 0 Å². The highest BCUT2D eigenvalue weighted by atomic mass is 16.6. The third-order valence-electron chi connectivity index (χ3n) is 2.83. The van der Waals surface area contributed by atoms with E-state index in [0.717, 1.165) is 0 Å². The van der Waals surface area contributed by atoms with Gasteiger partial charge in [0.2, 0.25) is 0 Å². The zero-order valence-electron chi connectivity index (χ0n) is 6.79. The van der Waals surface area contributed by atoms with E-state index in [2.05, 4.69) is 0 Å². The third kappa shape index (κ3) is 0.855. The summed E-state index contributed by atoms with van der Waals surface area (Å²) in [7, 11) is 1.80. The van der Waals surface area contributed by atoms with E-state index in [-0.39, 0.29) is 24.8 Å². The molecule has 0 aromatic heterocycles. The van der Waals surface area contributed by atoms with Gasteiger partial charge in [-0.2, -0.15) is 0 Å². The summed E-state index contributed by atoms with van der Waals surface area (Å²) in [5.74, 6) is 0. The van der Waals surface area contributed by atoms with Crippen LogP contribution in [0.5, 0.6) is 0 Å². The lowest BCUT2D eigenvalue weighted by Gasteiger charge is -2.48. The standard InChI is InChI=1S/C7H13NO4/c1-8-3(2-9)6-4(8)5(10)7(11)12-6/h3-7,9-11H,2H2,1H3. The largest absolute Gasteiger partial charge is 0.395 e. The molecule has 2 saturated heterocycles. The maximum Gasteiger partial charge on any atom is 0.182 e. The topological polar surface area (TPSA) is 73.2 Å². The van der Waals surface area contributed by atoms with Crippen molar-refractivity contribution < 1.29 is 20.1 Å². The van der Waals surface area contributed by atoms with E-state index in [0.29, 0.717) is 0 Å². The first-order valence-corrected chi connectivity index (χ1v) is 4.01. The molecule has 3 N–H and O–H groups in total. The number of likely N-dealkylation sites (tertiary alicyclic amines) is 1. The minimum atomic E-state index is -1.10. The number of rotatable bonds is 1. The van der Waals surface area contributed by atoms with Gasteiger partial charge in [-0.3, -0.25) is 4.90 Å². The van der Waals surface area contributed by atoms with Gasteiger partial charge in [-0.1, -0.05) is 0 Å². The maximum atomic E-state index is 9.37. The molecule has 2 rings (SSSR count). The van der Waals surface area contributed by atoms with Crippen molar-refractivity contribution in [2.75, 3.05) is 13.7 Å². The molecule has 0 aromatic carbocycles. The SMILES string of the molecule is CN1C(CO)C2OC(O)C(O)C21. The number of aliphatic hydroxyl groups is 3. The van der Waals surface area contributed by atoms with Crippen LogP contribution < -0.4 is 0 Å². The van der Waals surface area contributed by atoms with Crippen LogP contribution in [-0.2, 0) is 4.74 Å². The van der Waals surface area contributed by atoms with Crippen molar-refractivity contribution in [2.45, 2.75) is 30.6 Å². The van der Waals surface area contributed by atoms with Crippen LogP contribution in [-0.4, -0.2) is 64.5 Å². The summed E-state index contributed by atoms with van der Waals surface area (Å²) in [6, 6.07) is -0.237. The van der Waals surface area contributed by atoms with Crippen LogP contribution in [0.15, 0.2) is 0 Å². The Balaban J connectivity index is 2.08. The van der Waals surface area contributed by atoms with Gasteiger partial charge in [0.1, 0.15) is 6.10 Å². The molecule has 5 atom stereocenters. The molecule has 2 heterocycles. The number of ether oxygens (including phenoxy) is 1. The lowest BCUT2D eigenvalue weighted by Crippen LogP contribution is -2.68. The number of fused-ring (bicyclic) bond motifs is 1. The van der Waals surface area contributed by atoms with E-state index in [4.69, 9.17) is 14.9 Å². The second-order valence-electron chi connectivity index (χ2n) is 3.39. The van der Waals surface area contributed by atoms with Gasteiger partial charge in [-0.25, -0.2) is 0 Å². The molecule has 2 aliphatic heterocycles. The fraction of sp³-hybridized carbons (Fsp3) is 1.00. The molecular weight excluding hydrogens is 162 g/mol. The van der Waals surface area contributed by atoms with Crippen molar-refractivity contribution in [3.63, 3.8) is 0 Å². The normalized spacial score (nSPS) is 53.5. The summed E-state index contributed by atoms with van der Waals surface area (Å²) in [5, 5.41) is 27.4. The molecule has 0 saturated carbocycles. The smallest absolute Gasteiger partial charge is 0.182 e. The Morgan fingerprint density at radius 3 is 2.67 bits per heavy atom. The lowest BCUT2D eigenvalue weighted by atomic mass is 9.89. The van der Waals surface area contributed by atoms with E-state index < -0.39 is 12.4 Å². The predicted molar refractivity (Wildman–Crippen MR) is 39.3 cm³/mol. The van der Waals surface area contributed by atoms with Gasteiger partial charge in [-0.05, 0) is 7.05 Å².